The van der Waals surface area contributed by atoms with Crippen molar-refractivity contribution in [3.05, 3.63) is 21.3 Å². The molecule has 1 aliphatic carbocycles. The van der Waals surface area contributed by atoms with Crippen LogP contribution in [-0.4, -0.2) is 31.1 Å². The number of methoxy groups -OCH3 is 1. The Morgan fingerprint density at radius 3 is 2.75 bits per heavy atom. The fourth-order valence-corrected chi connectivity index (χ4v) is 2.96. The van der Waals surface area contributed by atoms with Gasteiger partial charge >= 0.3 is 5.97 Å². The zero-order valence-corrected chi connectivity index (χ0v) is 10.8. The van der Waals surface area contributed by atoms with E-state index in [-0.39, 0.29) is 12.0 Å². The number of ether oxygens (including phenoxy) is 1. The molecule has 2 rings (SSSR count). The van der Waals surface area contributed by atoms with Gasteiger partial charge in [0.1, 0.15) is 6.04 Å². The molecule has 0 spiro atoms. The van der Waals surface area contributed by atoms with Crippen LogP contribution in [0.4, 0.5) is 0 Å². The molecule has 0 bridgehead atoms. The smallest absolute Gasteiger partial charge is 0.328 e. The summed E-state index contributed by atoms with van der Waals surface area (Å²) in [6, 6.07) is 3.91. The Labute approximate surface area is 104 Å². The van der Waals surface area contributed by atoms with E-state index in [1.165, 1.54) is 18.4 Å². The van der Waals surface area contributed by atoms with Gasteiger partial charge in [-0.3, -0.25) is 4.90 Å². The molecule has 88 valence electrons. The van der Waals surface area contributed by atoms with Gasteiger partial charge in [-0.15, -0.1) is 11.3 Å². The number of thiophene rings is 1. The Kier molecular flexibility index (Phi) is 3.52. The summed E-state index contributed by atoms with van der Waals surface area (Å²) in [7, 11) is 3.39. The summed E-state index contributed by atoms with van der Waals surface area (Å²) in [5.41, 5.74) is 0. The highest BCUT2D eigenvalue weighted by Crippen LogP contribution is 2.37. The van der Waals surface area contributed by atoms with Crippen molar-refractivity contribution in [1.82, 2.24) is 4.90 Å². The molecule has 1 aromatic heterocycles. The quantitative estimate of drug-likeness (QED) is 0.779. The van der Waals surface area contributed by atoms with E-state index in [4.69, 9.17) is 16.3 Å². The molecule has 3 nitrogen and oxygen atoms in total. The molecule has 0 amide bonds. The summed E-state index contributed by atoms with van der Waals surface area (Å²) in [4.78, 5) is 14.8. The highest BCUT2D eigenvalue weighted by atomic mass is 35.5. The Morgan fingerprint density at radius 1 is 1.62 bits per heavy atom. The van der Waals surface area contributed by atoms with Gasteiger partial charge in [-0.05, 0) is 32.0 Å². The average molecular weight is 260 g/mol. The fourth-order valence-electron chi connectivity index (χ4n) is 1.76. The van der Waals surface area contributed by atoms with Crippen LogP contribution in [-0.2, 0) is 9.53 Å². The highest BCUT2D eigenvalue weighted by Gasteiger charge is 2.36. The van der Waals surface area contributed by atoms with Gasteiger partial charge in [-0.1, -0.05) is 11.6 Å². The fraction of sp³-hybridized carbons (Fsp3) is 0.545. The third-order valence-corrected chi connectivity index (χ3v) is 4.10. The molecule has 1 unspecified atom stereocenters. The number of hydrogen-bond donors (Lipinski definition) is 0. The number of halogens is 1. The van der Waals surface area contributed by atoms with Gasteiger partial charge in [-0.25, -0.2) is 4.79 Å². The van der Waals surface area contributed by atoms with Gasteiger partial charge in [-0.2, -0.15) is 0 Å². The number of nitrogens with zero attached hydrogens (tertiary/aromatic N) is 1. The predicted octanol–water partition coefficient (Wildman–Crippen LogP) is 2.71. The first-order valence-corrected chi connectivity index (χ1v) is 6.38. The number of likely N-dealkylation sites (N-methyl/N-ethyl adjacent to an activating group) is 1. The van der Waals surface area contributed by atoms with Gasteiger partial charge in [0.25, 0.3) is 0 Å². The average Bonchev–Trinajstić information content (AvgIpc) is 3.03. The first-order chi connectivity index (χ1) is 7.63. The molecule has 1 aromatic rings. The standard InChI is InChI=1S/C11H14ClNO2S/c1-13(7-3-4-7)10(11(14)15-2)8-5-6-9(12)16-8/h5-7,10H,3-4H2,1-2H3. The first-order valence-electron chi connectivity index (χ1n) is 5.18. The van der Waals surface area contributed by atoms with Crippen LogP contribution in [0.15, 0.2) is 12.1 Å². The molecule has 1 atom stereocenters. The Bertz CT molecular complexity index is 389. The number of carbonyl (C=O) groups is 1. The molecule has 0 saturated heterocycles. The maximum absolute atomic E-state index is 11.8. The van der Waals surface area contributed by atoms with E-state index in [1.54, 1.807) is 0 Å². The lowest BCUT2D eigenvalue weighted by Crippen LogP contribution is -2.32. The summed E-state index contributed by atoms with van der Waals surface area (Å²) >= 11 is 7.34. The van der Waals surface area contributed by atoms with Crippen molar-refractivity contribution in [2.45, 2.75) is 24.9 Å². The van der Waals surface area contributed by atoms with Crippen LogP contribution < -0.4 is 0 Å². The van der Waals surface area contributed by atoms with Crippen LogP contribution in [0.5, 0.6) is 0 Å². The first kappa shape index (κ1) is 11.9. The minimum atomic E-state index is -0.310. The zero-order valence-electron chi connectivity index (χ0n) is 9.27. The molecule has 0 radical (unpaired) electrons. The van der Waals surface area contributed by atoms with Crippen LogP contribution >= 0.6 is 22.9 Å². The summed E-state index contributed by atoms with van der Waals surface area (Å²) in [5.74, 6) is -0.215. The summed E-state index contributed by atoms with van der Waals surface area (Å²) in [6.45, 7) is 0. The number of carbonyl (C=O) groups excluding carboxylic acids is 1. The molecule has 1 fully saturated rings. The maximum Gasteiger partial charge on any atom is 0.328 e. The largest absolute Gasteiger partial charge is 0.468 e. The minimum Gasteiger partial charge on any atom is -0.468 e. The van der Waals surface area contributed by atoms with Crippen molar-refractivity contribution < 1.29 is 9.53 Å². The minimum absolute atomic E-state index is 0.215. The van der Waals surface area contributed by atoms with Crippen LogP contribution in [0, 0.1) is 0 Å². The Morgan fingerprint density at radius 2 is 2.31 bits per heavy atom. The molecular weight excluding hydrogens is 246 g/mol. The van der Waals surface area contributed by atoms with E-state index in [0.29, 0.717) is 10.4 Å². The van der Waals surface area contributed by atoms with Crippen molar-refractivity contribution in [2.24, 2.45) is 0 Å². The molecule has 5 heteroatoms. The van der Waals surface area contributed by atoms with Crippen LogP contribution in [0.3, 0.4) is 0 Å². The molecule has 0 aromatic carbocycles. The van der Waals surface area contributed by atoms with Crippen molar-refractivity contribution in [3.8, 4) is 0 Å². The predicted molar refractivity (Wildman–Crippen MR) is 64.9 cm³/mol. The van der Waals surface area contributed by atoms with Crippen LogP contribution in [0.2, 0.25) is 4.34 Å². The molecule has 1 saturated carbocycles. The van der Waals surface area contributed by atoms with E-state index in [1.807, 2.05) is 19.2 Å². The number of esters is 1. The van der Waals surface area contributed by atoms with E-state index in [9.17, 15) is 4.79 Å². The normalized spacial score (nSPS) is 17.5. The number of hydrogen-bond acceptors (Lipinski definition) is 4. The van der Waals surface area contributed by atoms with Crippen LogP contribution in [0.1, 0.15) is 23.8 Å². The summed E-state index contributed by atoms with van der Waals surface area (Å²) < 4.78 is 5.56. The lowest BCUT2D eigenvalue weighted by molar-refractivity contribution is -0.146. The van der Waals surface area contributed by atoms with E-state index in [0.717, 1.165) is 17.7 Å². The third-order valence-electron chi connectivity index (χ3n) is 2.82. The zero-order chi connectivity index (χ0) is 11.7. The molecule has 16 heavy (non-hydrogen) atoms. The monoisotopic (exact) mass is 259 g/mol. The molecular formula is C11H14ClNO2S. The summed E-state index contributed by atoms with van der Waals surface area (Å²) in [5, 5.41) is 0. The van der Waals surface area contributed by atoms with Crippen LogP contribution in [0.25, 0.3) is 0 Å². The second-order valence-corrected chi connectivity index (χ2v) is 5.71. The van der Waals surface area contributed by atoms with Gasteiger partial charge in [0, 0.05) is 10.9 Å². The topological polar surface area (TPSA) is 29.5 Å². The lowest BCUT2D eigenvalue weighted by atomic mass is 10.2. The Balaban J connectivity index is 2.22. The van der Waals surface area contributed by atoms with Crippen molar-refractivity contribution in [3.63, 3.8) is 0 Å². The van der Waals surface area contributed by atoms with E-state index < -0.39 is 0 Å². The molecule has 0 N–H and O–H groups in total. The molecule has 1 aliphatic rings. The van der Waals surface area contributed by atoms with E-state index >= 15 is 0 Å². The SMILES string of the molecule is COC(=O)C(c1ccc(Cl)s1)N(C)C1CC1. The summed E-state index contributed by atoms with van der Waals surface area (Å²) in [6.07, 6.45) is 2.31. The second kappa shape index (κ2) is 4.73. The lowest BCUT2D eigenvalue weighted by Gasteiger charge is -2.24. The van der Waals surface area contributed by atoms with Gasteiger partial charge in [0.05, 0.1) is 11.4 Å². The van der Waals surface area contributed by atoms with Crippen molar-refractivity contribution in [2.75, 3.05) is 14.2 Å². The molecule has 1 heterocycles. The third kappa shape index (κ3) is 2.39. The maximum atomic E-state index is 11.8. The Hall–Kier alpha value is -0.580. The highest BCUT2D eigenvalue weighted by molar-refractivity contribution is 7.16. The van der Waals surface area contributed by atoms with Crippen molar-refractivity contribution in [1.29, 1.82) is 0 Å². The second-order valence-electron chi connectivity index (χ2n) is 3.96. The van der Waals surface area contributed by atoms with Gasteiger partial charge in [0.15, 0.2) is 0 Å². The van der Waals surface area contributed by atoms with Crippen molar-refractivity contribution >= 4 is 28.9 Å². The molecule has 0 aliphatic heterocycles. The van der Waals surface area contributed by atoms with E-state index in [2.05, 4.69) is 4.90 Å². The van der Waals surface area contributed by atoms with Gasteiger partial charge in [0.2, 0.25) is 0 Å². The van der Waals surface area contributed by atoms with Gasteiger partial charge < -0.3 is 4.74 Å². The number of rotatable bonds is 4.